The van der Waals surface area contributed by atoms with Crippen LogP contribution in [0, 0.1) is 0 Å². The summed E-state index contributed by atoms with van der Waals surface area (Å²) in [5.74, 6) is -0.523. The highest BCUT2D eigenvalue weighted by Gasteiger charge is 2.37. The number of carbonyl (C=O) groups is 1. The number of halogens is 6. The lowest BCUT2D eigenvalue weighted by Crippen LogP contribution is -2.16. The molecule has 3 heterocycles. The monoisotopic (exact) mass is 572 g/mol. The topological polar surface area (TPSA) is 77.1 Å². The van der Waals surface area contributed by atoms with Crippen LogP contribution in [0.5, 0.6) is 0 Å². The summed E-state index contributed by atoms with van der Waals surface area (Å²) in [6.45, 7) is 0.350. The van der Waals surface area contributed by atoms with Crippen LogP contribution in [0.4, 0.5) is 19.0 Å². The summed E-state index contributed by atoms with van der Waals surface area (Å²) in [6, 6.07) is 7.40. The molecule has 5 rings (SSSR count). The van der Waals surface area contributed by atoms with Gasteiger partial charge in [-0.25, -0.2) is 9.50 Å². The van der Waals surface area contributed by atoms with Crippen LogP contribution in [-0.4, -0.2) is 30.3 Å². The third kappa shape index (κ3) is 4.64. The van der Waals surface area contributed by atoms with E-state index in [-0.39, 0.29) is 23.1 Å². The van der Waals surface area contributed by atoms with Crippen molar-refractivity contribution in [3.8, 4) is 0 Å². The van der Waals surface area contributed by atoms with E-state index in [2.05, 4.69) is 36.4 Å². The maximum absolute atomic E-state index is 13.6. The van der Waals surface area contributed by atoms with Gasteiger partial charge in [-0.05, 0) is 52.5 Å². The predicted octanol–water partition coefficient (Wildman–Crippen LogP) is 6.19. The molecule has 0 spiro atoms. The third-order valence-electron chi connectivity index (χ3n) is 5.24. The zero-order valence-corrected chi connectivity index (χ0v) is 20.2. The van der Waals surface area contributed by atoms with Crippen LogP contribution in [0.25, 0.3) is 5.65 Å². The summed E-state index contributed by atoms with van der Waals surface area (Å²) >= 11 is 15.3. The Kier molecular flexibility index (Phi) is 5.81. The van der Waals surface area contributed by atoms with E-state index in [1.165, 1.54) is 6.07 Å². The molecule has 0 bridgehead atoms. The van der Waals surface area contributed by atoms with E-state index in [1.807, 2.05) is 0 Å². The van der Waals surface area contributed by atoms with Crippen molar-refractivity contribution in [2.75, 3.05) is 5.32 Å². The molecule has 7 nitrogen and oxygen atoms in total. The minimum atomic E-state index is -4.64. The number of fused-ring (bicyclic) bond motifs is 1. The van der Waals surface area contributed by atoms with Gasteiger partial charge in [0.15, 0.2) is 17.2 Å². The van der Waals surface area contributed by atoms with Crippen LogP contribution in [0.3, 0.4) is 0 Å². The largest absolute Gasteiger partial charge is 0.433 e. The summed E-state index contributed by atoms with van der Waals surface area (Å²) in [7, 11) is 0. The first-order valence-electron chi connectivity index (χ1n) is 10.0. The molecule has 0 unspecified atom stereocenters. The Bertz CT molecular complexity index is 1430. The van der Waals surface area contributed by atoms with Gasteiger partial charge in [-0.1, -0.05) is 29.3 Å². The maximum Gasteiger partial charge on any atom is 0.433 e. The number of benzene rings is 1. The molecule has 13 heteroatoms. The summed E-state index contributed by atoms with van der Waals surface area (Å²) in [4.78, 5) is 17.1. The van der Waals surface area contributed by atoms with Gasteiger partial charge in [0.05, 0.1) is 21.1 Å². The van der Waals surface area contributed by atoms with Crippen LogP contribution >= 0.6 is 39.1 Å². The van der Waals surface area contributed by atoms with Crippen molar-refractivity contribution in [3.05, 3.63) is 73.7 Å². The van der Waals surface area contributed by atoms with Gasteiger partial charge < -0.3 is 5.32 Å². The second-order valence-corrected chi connectivity index (χ2v) is 9.53. The molecule has 0 atom stereocenters. The normalized spacial score (nSPS) is 14.1. The van der Waals surface area contributed by atoms with Gasteiger partial charge in [0.2, 0.25) is 0 Å². The number of hydrogen-bond donors (Lipinski definition) is 1. The second kappa shape index (κ2) is 8.54. The van der Waals surface area contributed by atoms with Crippen molar-refractivity contribution in [2.24, 2.45) is 0 Å². The molecule has 1 fully saturated rings. The number of anilines is 1. The minimum Gasteiger partial charge on any atom is -0.303 e. The van der Waals surface area contributed by atoms with Gasteiger partial charge in [0, 0.05) is 23.9 Å². The fraction of sp³-hybridized carbons (Fsp3) is 0.238. The molecule has 1 N–H and O–H groups in total. The Labute approximate surface area is 209 Å². The van der Waals surface area contributed by atoms with E-state index in [4.69, 9.17) is 23.2 Å². The van der Waals surface area contributed by atoms with Gasteiger partial charge in [-0.3, -0.25) is 9.48 Å². The predicted molar refractivity (Wildman–Crippen MR) is 123 cm³/mol. The summed E-state index contributed by atoms with van der Waals surface area (Å²) in [5, 5.41) is 11.6. The highest BCUT2D eigenvalue weighted by Crippen LogP contribution is 2.41. The maximum atomic E-state index is 13.6. The van der Waals surface area contributed by atoms with E-state index in [9.17, 15) is 18.0 Å². The lowest BCUT2D eigenvalue weighted by atomic mass is 10.2. The first-order chi connectivity index (χ1) is 16.1. The van der Waals surface area contributed by atoms with Crippen LogP contribution in [0.15, 0.2) is 41.0 Å². The molecule has 4 aromatic rings. The van der Waals surface area contributed by atoms with Gasteiger partial charge in [-0.15, -0.1) is 0 Å². The van der Waals surface area contributed by atoms with E-state index >= 15 is 0 Å². The number of rotatable bonds is 5. The lowest BCUT2D eigenvalue weighted by Gasteiger charge is -2.10. The molecule has 0 aliphatic heterocycles. The van der Waals surface area contributed by atoms with Gasteiger partial charge in [0.25, 0.3) is 5.91 Å². The Morgan fingerprint density at radius 2 is 1.91 bits per heavy atom. The quantitative estimate of drug-likeness (QED) is 0.309. The van der Waals surface area contributed by atoms with Crippen molar-refractivity contribution in [1.82, 2.24) is 24.4 Å². The van der Waals surface area contributed by atoms with Crippen molar-refractivity contribution in [1.29, 1.82) is 0 Å². The smallest absolute Gasteiger partial charge is 0.303 e. The lowest BCUT2D eigenvalue weighted by molar-refractivity contribution is -0.142. The summed E-state index contributed by atoms with van der Waals surface area (Å²) in [5.41, 5.74) is -0.0242. The first kappa shape index (κ1) is 23.1. The molecule has 1 aliphatic carbocycles. The number of amides is 1. The van der Waals surface area contributed by atoms with E-state index in [0.29, 0.717) is 31.3 Å². The van der Waals surface area contributed by atoms with Gasteiger partial charge in [-0.2, -0.15) is 23.4 Å². The average molecular weight is 574 g/mol. The number of alkyl halides is 3. The second-order valence-electron chi connectivity index (χ2n) is 7.86. The number of nitrogens with one attached hydrogen (secondary N) is 1. The highest BCUT2D eigenvalue weighted by molar-refractivity contribution is 9.10. The fourth-order valence-electron chi connectivity index (χ4n) is 3.45. The molecule has 1 aromatic carbocycles. The molecule has 1 aliphatic rings. The molecular weight excluding hydrogens is 560 g/mol. The zero-order valence-electron chi connectivity index (χ0n) is 17.1. The SMILES string of the molecule is O=C(Nc1nn(Cc2ccc(Cl)c(Cl)c2)cc1Br)c1cc2nc(C3CC3)cc(C(F)(F)F)n2n1. The average Bonchev–Trinajstić information content (AvgIpc) is 3.43. The van der Waals surface area contributed by atoms with Crippen molar-refractivity contribution >= 4 is 56.5 Å². The van der Waals surface area contributed by atoms with E-state index in [1.54, 1.807) is 29.1 Å². The minimum absolute atomic E-state index is 0.00807. The molecule has 176 valence electrons. The van der Waals surface area contributed by atoms with Gasteiger partial charge >= 0.3 is 6.18 Å². The van der Waals surface area contributed by atoms with Crippen LogP contribution in [0.2, 0.25) is 10.0 Å². The van der Waals surface area contributed by atoms with Crippen molar-refractivity contribution < 1.29 is 18.0 Å². The standard InChI is InChI=1S/C21H14BrCl2F3N6O/c22-12-9-32(8-10-1-4-13(23)14(24)5-10)31-19(12)29-20(34)16-7-18-28-15(11-2-3-11)6-17(21(25,26)27)33(18)30-16/h1,4-7,9,11H,2-3,8H2,(H,29,31,34). The number of hydrogen-bond acceptors (Lipinski definition) is 4. The highest BCUT2D eigenvalue weighted by atomic mass is 79.9. The molecular formula is C21H14BrCl2F3N6O. The molecule has 0 saturated heterocycles. The fourth-order valence-corrected chi connectivity index (χ4v) is 4.19. The summed E-state index contributed by atoms with van der Waals surface area (Å²) in [6.07, 6.45) is -1.41. The van der Waals surface area contributed by atoms with Gasteiger partial charge in [0.1, 0.15) is 5.69 Å². The van der Waals surface area contributed by atoms with Crippen LogP contribution in [0.1, 0.15) is 46.2 Å². The molecule has 1 saturated carbocycles. The van der Waals surface area contributed by atoms with E-state index in [0.717, 1.165) is 24.5 Å². The Morgan fingerprint density at radius 3 is 2.59 bits per heavy atom. The molecule has 1 amide bonds. The summed E-state index contributed by atoms with van der Waals surface area (Å²) < 4.78 is 43.5. The van der Waals surface area contributed by atoms with Crippen molar-refractivity contribution in [3.63, 3.8) is 0 Å². The third-order valence-corrected chi connectivity index (χ3v) is 6.56. The Morgan fingerprint density at radius 1 is 1.15 bits per heavy atom. The molecule has 0 radical (unpaired) electrons. The number of carbonyl (C=O) groups excluding carboxylic acids is 1. The Hall–Kier alpha value is -2.63. The van der Waals surface area contributed by atoms with Crippen LogP contribution < -0.4 is 5.32 Å². The zero-order chi connectivity index (χ0) is 24.2. The number of nitrogens with zero attached hydrogens (tertiary/aromatic N) is 5. The first-order valence-corrected chi connectivity index (χ1v) is 11.6. The van der Waals surface area contributed by atoms with Crippen LogP contribution in [-0.2, 0) is 12.7 Å². The molecule has 34 heavy (non-hydrogen) atoms. The van der Waals surface area contributed by atoms with Crippen molar-refractivity contribution in [2.45, 2.75) is 31.5 Å². The Balaban J connectivity index is 1.40. The number of aromatic nitrogens is 5. The molecule has 3 aromatic heterocycles. The van der Waals surface area contributed by atoms with E-state index < -0.39 is 17.8 Å².